The van der Waals surface area contributed by atoms with Crippen molar-refractivity contribution in [3.05, 3.63) is 63.1 Å². The van der Waals surface area contributed by atoms with Crippen LogP contribution < -0.4 is 5.32 Å². The molecule has 0 aliphatic carbocycles. The lowest BCUT2D eigenvalue weighted by atomic mass is 10.1. The molecule has 0 aliphatic heterocycles. The highest BCUT2D eigenvalue weighted by molar-refractivity contribution is 9.10. The monoisotopic (exact) mass is 353 g/mol. The van der Waals surface area contributed by atoms with Crippen molar-refractivity contribution < 1.29 is 14.7 Å². The van der Waals surface area contributed by atoms with Crippen LogP contribution in [0.4, 0.5) is 5.69 Å². The van der Waals surface area contributed by atoms with Crippen LogP contribution in [0.1, 0.15) is 20.7 Å². The van der Waals surface area contributed by atoms with Crippen LogP contribution in [0.3, 0.4) is 0 Å². The lowest BCUT2D eigenvalue weighted by molar-refractivity contribution is 0.0698. The largest absolute Gasteiger partial charge is 0.478 e. The van der Waals surface area contributed by atoms with Crippen molar-refractivity contribution in [2.45, 2.75) is 0 Å². The van der Waals surface area contributed by atoms with Gasteiger partial charge in [-0.25, -0.2) is 4.79 Å². The average molecular weight is 355 g/mol. The lowest BCUT2D eigenvalue weighted by Crippen LogP contribution is -2.14. The summed E-state index contributed by atoms with van der Waals surface area (Å²) in [6.45, 7) is 0. The van der Waals surface area contributed by atoms with Gasteiger partial charge in [-0.3, -0.25) is 4.79 Å². The molecule has 0 unspecified atom stereocenters. The fraction of sp³-hybridized carbons (Fsp3) is 0. The Hall–Kier alpha value is -1.85. The van der Waals surface area contributed by atoms with Gasteiger partial charge in [0.2, 0.25) is 0 Å². The predicted molar refractivity (Wildman–Crippen MR) is 80.5 cm³/mol. The van der Waals surface area contributed by atoms with E-state index in [4.69, 9.17) is 16.7 Å². The molecule has 2 rings (SSSR count). The Morgan fingerprint density at radius 3 is 2.35 bits per heavy atom. The molecular weight excluding hydrogens is 346 g/mol. The number of carboxylic acid groups (broad SMARTS) is 1. The minimum absolute atomic E-state index is 0.0140. The van der Waals surface area contributed by atoms with Crippen LogP contribution in [-0.2, 0) is 0 Å². The number of anilines is 1. The second-order valence-corrected chi connectivity index (χ2v) is 5.31. The predicted octanol–water partition coefficient (Wildman–Crippen LogP) is 4.05. The van der Waals surface area contributed by atoms with E-state index in [0.29, 0.717) is 10.6 Å². The van der Waals surface area contributed by atoms with E-state index in [1.165, 1.54) is 18.2 Å². The minimum atomic E-state index is -1.13. The fourth-order valence-electron chi connectivity index (χ4n) is 1.60. The number of hydrogen-bond donors (Lipinski definition) is 2. The highest BCUT2D eigenvalue weighted by Crippen LogP contribution is 2.22. The van der Waals surface area contributed by atoms with Gasteiger partial charge in [0.15, 0.2) is 0 Å². The van der Waals surface area contributed by atoms with Gasteiger partial charge in [-0.1, -0.05) is 27.5 Å². The molecule has 102 valence electrons. The second-order valence-electron chi connectivity index (χ2n) is 3.96. The number of benzene rings is 2. The Labute approximate surface area is 128 Å². The summed E-state index contributed by atoms with van der Waals surface area (Å²) >= 11 is 9.10. The molecule has 6 heteroatoms. The third-order valence-corrected chi connectivity index (χ3v) is 3.33. The summed E-state index contributed by atoms with van der Waals surface area (Å²) in [5.41, 5.74) is 0.572. The molecule has 1 amide bonds. The maximum atomic E-state index is 12.0. The molecule has 0 heterocycles. The normalized spacial score (nSPS) is 10.1. The highest BCUT2D eigenvalue weighted by atomic mass is 79.9. The van der Waals surface area contributed by atoms with Crippen molar-refractivity contribution in [1.82, 2.24) is 0 Å². The lowest BCUT2D eigenvalue weighted by Gasteiger charge is -2.09. The number of halogens is 2. The van der Waals surface area contributed by atoms with Gasteiger partial charge in [0.25, 0.3) is 5.91 Å². The molecule has 0 saturated heterocycles. The molecule has 0 aliphatic rings. The first-order valence-electron chi connectivity index (χ1n) is 5.57. The number of rotatable bonds is 3. The molecule has 20 heavy (non-hydrogen) atoms. The molecule has 0 spiro atoms. The highest BCUT2D eigenvalue weighted by Gasteiger charge is 2.14. The molecule has 0 radical (unpaired) electrons. The first-order valence-corrected chi connectivity index (χ1v) is 6.74. The number of carbonyl (C=O) groups is 2. The van der Waals surface area contributed by atoms with E-state index in [9.17, 15) is 9.59 Å². The van der Waals surface area contributed by atoms with Gasteiger partial charge in [-0.05, 0) is 42.5 Å². The van der Waals surface area contributed by atoms with E-state index in [0.717, 1.165) is 4.47 Å². The molecule has 2 N–H and O–H groups in total. The van der Waals surface area contributed by atoms with Gasteiger partial charge >= 0.3 is 5.97 Å². The summed E-state index contributed by atoms with van der Waals surface area (Å²) in [4.78, 5) is 23.1. The molecule has 2 aromatic carbocycles. The number of hydrogen-bond acceptors (Lipinski definition) is 2. The summed E-state index contributed by atoms with van der Waals surface area (Å²) < 4.78 is 0.850. The van der Waals surface area contributed by atoms with Gasteiger partial charge in [0, 0.05) is 15.1 Å². The van der Waals surface area contributed by atoms with E-state index in [2.05, 4.69) is 21.2 Å². The zero-order valence-corrected chi connectivity index (χ0v) is 12.4. The first-order chi connectivity index (χ1) is 9.47. The van der Waals surface area contributed by atoms with E-state index >= 15 is 0 Å². The Morgan fingerprint density at radius 2 is 1.75 bits per heavy atom. The van der Waals surface area contributed by atoms with Crippen LogP contribution in [0.25, 0.3) is 0 Å². The van der Waals surface area contributed by atoms with Gasteiger partial charge in [-0.15, -0.1) is 0 Å². The van der Waals surface area contributed by atoms with Gasteiger partial charge in [0.05, 0.1) is 11.3 Å². The summed E-state index contributed by atoms with van der Waals surface area (Å²) in [5, 5.41) is 12.0. The second kappa shape index (κ2) is 6.07. The van der Waals surface area contributed by atoms with Crippen LogP contribution >= 0.6 is 27.5 Å². The molecule has 0 bridgehead atoms. The summed E-state index contributed by atoms with van der Waals surface area (Å²) in [5.74, 6) is -1.53. The minimum Gasteiger partial charge on any atom is -0.478 e. The Morgan fingerprint density at radius 1 is 1.10 bits per heavy atom. The average Bonchev–Trinajstić information content (AvgIpc) is 2.39. The Kier molecular flexibility index (Phi) is 4.42. The summed E-state index contributed by atoms with van der Waals surface area (Å²) in [6, 6.07) is 10.9. The van der Waals surface area contributed by atoms with Crippen molar-refractivity contribution in [3.8, 4) is 0 Å². The third kappa shape index (κ3) is 3.37. The number of carboxylic acids is 1. The van der Waals surface area contributed by atoms with Crippen molar-refractivity contribution in [1.29, 1.82) is 0 Å². The maximum Gasteiger partial charge on any atom is 0.337 e. The van der Waals surface area contributed by atoms with Crippen molar-refractivity contribution in [2.75, 3.05) is 5.32 Å². The van der Waals surface area contributed by atoms with E-state index in [1.807, 2.05) is 0 Å². The van der Waals surface area contributed by atoms with Crippen LogP contribution in [0.2, 0.25) is 5.02 Å². The molecular formula is C14H9BrClNO3. The smallest absolute Gasteiger partial charge is 0.337 e. The van der Waals surface area contributed by atoms with Crippen LogP contribution in [0.15, 0.2) is 46.9 Å². The number of aromatic carboxylic acids is 1. The SMILES string of the molecule is O=C(Nc1cc(Cl)ccc1C(=O)O)c1ccc(Br)cc1. The summed E-state index contributed by atoms with van der Waals surface area (Å²) in [6.07, 6.45) is 0. The van der Waals surface area contributed by atoms with Crippen LogP contribution in [0, 0.1) is 0 Å². The van der Waals surface area contributed by atoms with Gasteiger partial charge in [0.1, 0.15) is 0 Å². The number of amides is 1. The first kappa shape index (κ1) is 14.6. The van der Waals surface area contributed by atoms with E-state index < -0.39 is 11.9 Å². The van der Waals surface area contributed by atoms with Gasteiger partial charge in [-0.2, -0.15) is 0 Å². The van der Waals surface area contributed by atoms with Crippen LogP contribution in [-0.4, -0.2) is 17.0 Å². The third-order valence-electron chi connectivity index (χ3n) is 2.57. The van der Waals surface area contributed by atoms with Gasteiger partial charge < -0.3 is 10.4 Å². The molecule has 4 nitrogen and oxygen atoms in total. The zero-order valence-electron chi connectivity index (χ0n) is 10.1. The molecule has 0 saturated carbocycles. The number of carbonyl (C=O) groups excluding carboxylic acids is 1. The summed E-state index contributed by atoms with van der Waals surface area (Å²) in [7, 11) is 0. The molecule has 0 atom stereocenters. The Bertz CT molecular complexity index is 671. The molecule has 2 aromatic rings. The van der Waals surface area contributed by atoms with Crippen molar-refractivity contribution >= 4 is 45.1 Å². The topological polar surface area (TPSA) is 66.4 Å². The van der Waals surface area contributed by atoms with E-state index in [1.54, 1.807) is 24.3 Å². The fourth-order valence-corrected chi connectivity index (χ4v) is 2.04. The number of nitrogens with one attached hydrogen (secondary N) is 1. The molecule has 0 fully saturated rings. The molecule has 0 aromatic heterocycles. The standard InChI is InChI=1S/C14H9BrClNO3/c15-9-3-1-8(2-4-9)13(18)17-12-7-10(16)5-6-11(12)14(19)20/h1-7H,(H,17,18)(H,19,20). The van der Waals surface area contributed by atoms with Crippen molar-refractivity contribution in [3.63, 3.8) is 0 Å². The zero-order chi connectivity index (χ0) is 14.7. The quantitative estimate of drug-likeness (QED) is 0.874. The van der Waals surface area contributed by atoms with Crippen molar-refractivity contribution in [2.24, 2.45) is 0 Å². The van der Waals surface area contributed by atoms with Crippen LogP contribution in [0.5, 0.6) is 0 Å². The van der Waals surface area contributed by atoms with E-state index in [-0.39, 0.29) is 11.3 Å². The maximum absolute atomic E-state index is 12.0. The Balaban J connectivity index is 2.29.